The Hall–Kier alpha value is -3.69. The number of thiocarbonyl (C=S) groups is 1. The fourth-order valence-electron chi connectivity index (χ4n) is 3.10. The SMILES string of the molecule is CCOc1ccc(-n2nc3ccc(NC(=S)NC(=O)c4ccc(OC)c(Cl)c4)cc3n2)cc1. The summed E-state index contributed by atoms with van der Waals surface area (Å²) >= 11 is 11.4. The van der Waals surface area contributed by atoms with Gasteiger partial charge in [0, 0.05) is 11.3 Å². The molecule has 0 radical (unpaired) electrons. The molecule has 10 heteroatoms. The fraction of sp³-hybridized carbons (Fsp3) is 0.130. The van der Waals surface area contributed by atoms with Crippen molar-refractivity contribution in [2.45, 2.75) is 6.92 Å². The molecule has 33 heavy (non-hydrogen) atoms. The molecule has 0 aliphatic heterocycles. The van der Waals surface area contributed by atoms with E-state index in [1.54, 1.807) is 23.0 Å². The molecular weight excluding hydrogens is 462 g/mol. The van der Waals surface area contributed by atoms with Gasteiger partial charge in [0.2, 0.25) is 0 Å². The fourth-order valence-corrected chi connectivity index (χ4v) is 3.56. The Balaban J connectivity index is 1.44. The lowest BCUT2D eigenvalue weighted by molar-refractivity contribution is 0.0977. The van der Waals surface area contributed by atoms with Crippen molar-refractivity contribution < 1.29 is 14.3 Å². The van der Waals surface area contributed by atoms with Gasteiger partial charge in [0.15, 0.2) is 5.11 Å². The topological polar surface area (TPSA) is 90.3 Å². The van der Waals surface area contributed by atoms with Gasteiger partial charge in [0.1, 0.15) is 22.5 Å². The lowest BCUT2D eigenvalue weighted by atomic mass is 10.2. The first-order valence-corrected chi connectivity index (χ1v) is 10.8. The number of nitrogens with one attached hydrogen (secondary N) is 2. The minimum Gasteiger partial charge on any atom is -0.495 e. The van der Waals surface area contributed by atoms with Crippen molar-refractivity contribution in [3.63, 3.8) is 0 Å². The van der Waals surface area contributed by atoms with E-state index in [1.165, 1.54) is 13.2 Å². The Morgan fingerprint density at radius 3 is 2.52 bits per heavy atom. The Kier molecular flexibility index (Phi) is 6.71. The van der Waals surface area contributed by atoms with Gasteiger partial charge in [-0.05, 0) is 79.8 Å². The van der Waals surface area contributed by atoms with E-state index in [0.717, 1.165) is 17.0 Å². The minimum absolute atomic E-state index is 0.144. The third-order valence-corrected chi connectivity index (χ3v) is 5.16. The van der Waals surface area contributed by atoms with Gasteiger partial charge in [0.25, 0.3) is 5.91 Å². The van der Waals surface area contributed by atoms with Gasteiger partial charge in [-0.3, -0.25) is 10.1 Å². The summed E-state index contributed by atoms with van der Waals surface area (Å²) < 4.78 is 10.6. The average molecular weight is 482 g/mol. The molecule has 168 valence electrons. The quantitative estimate of drug-likeness (QED) is 0.389. The Labute approximate surface area is 200 Å². The predicted molar refractivity (Wildman–Crippen MR) is 132 cm³/mol. The third kappa shape index (κ3) is 5.21. The largest absolute Gasteiger partial charge is 0.495 e. The summed E-state index contributed by atoms with van der Waals surface area (Å²) in [6.07, 6.45) is 0. The number of fused-ring (bicyclic) bond motifs is 1. The van der Waals surface area contributed by atoms with Crippen molar-refractivity contribution in [1.82, 2.24) is 20.3 Å². The number of hydrogen-bond acceptors (Lipinski definition) is 6. The van der Waals surface area contributed by atoms with Crippen LogP contribution in [0.15, 0.2) is 60.7 Å². The number of carbonyl (C=O) groups is 1. The molecule has 4 rings (SSSR count). The normalized spacial score (nSPS) is 10.6. The zero-order valence-corrected chi connectivity index (χ0v) is 19.4. The molecule has 0 saturated carbocycles. The smallest absolute Gasteiger partial charge is 0.257 e. The van der Waals surface area contributed by atoms with Crippen molar-refractivity contribution in [3.05, 3.63) is 71.2 Å². The highest BCUT2D eigenvalue weighted by Crippen LogP contribution is 2.25. The van der Waals surface area contributed by atoms with Crippen LogP contribution < -0.4 is 20.1 Å². The second-order valence-corrected chi connectivity index (χ2v) is 7.69. The molecule has 4 aromatic rings. The van der Waals surface area contributed by atoms with Crippen LogP contribution in [0.2, 0.25) is 5.02 Å². The van der Waals surface area contributed by atoms with Crippen LogP contribution in [0.4, 0.5) is 5.69 Å². The van der Waals surface area contributed by atoms with E-state index in [-0.39, 0.29) is 11.0 Å². The monoisotopic (exact) mass is 481 g/mol. The van der Waals surface area contributed by atoms with Crippen molar-refractivity contribution in [2.75, 3.05) is 19.0 Å². The number of carbonyl (C=O) groups excluding carboxylic acids is 1. The van der Waals surface area contributed by atoms with E-state index < -0.39 is 0 Å². The lowest BCUT2D eigenvalue weighted by Gasteiger charge is -2.10. The highest BCUT2D eigenvalue weighted by Gasteiger charge is 2.12. The van der Waals surface area contributed by atoms with Gasteiger partial charge in [0.05, 0.1) is 24.4 Å². The molecule has 0 spiro atoms. The maximum atomic E-state index is 12.5. The number of rotatable bonds is 6. The summed E-state index contributed by atoms with van der Waals surface area (Å²) in [6, 6.07) is 17.7. The summed E-state index contributed by atoms with van der Waals surface area (Å²) in [7, 11) is 1.51. The van der Waals surface area contributed by atoms with Crippen LogP contribution in [0.1, 0.15) is 17.3 Å². The van der Waals surface area contributed by atoms with E-state index in [2.05, 4.69) is 20.8 Å². The second kappa shape index (κ2) is 9.85. The molecule has 2 N–H and O–H groups in total. The molecule has 1 aromatic heterocycles. The molecule has 1 amide bonds. The molecule has 0 aliphatic rings. The standard InChI is InChI=1S/C23H20ClN5O3S/c1-3-32-17-8-6-16(7-9-17)29-27-19-10-5-15(13-20(19)28-29)25-23(33)26-22(30)14-4-11-21(31-2)18(24)12-14/h4-13H,3H2,1-2H3,(H2,25,26,30,33). The van der Waals surface area contributed by atoms with E-state index in [1.807, 2.05) is 43.3 Å². The summed E-state index contributed by atoms with van der Waals surface area (Å²) in [6.45, 7) is 2.54. The molecule has 0 aliphatic carbocycles. The number of amides is 1. The summed E-state index contributed by atoms with van der Waals surface area (Å²) in [5, 5.41) is 15.1. The van der Waals surface area contributed by atoms with Crippen molar-refractivity contribution in [2.24, 2.45) is 0 Å². The molecule has 3 aromatic carbocycles. The van der Waals surface area contributed by atoms with Crippen LogP contribution in [0.25, 0.3) is 16.7 Å². The van der Waals surface area contributed by atoms with Crippen LogP contribution in [-0.4, -0.2) is 39.7 Å². The number of halogens is 1. The maximum Gasteiger partial charge on any atom is 0.257 e. The van der Waals surface area contributed by atoms with Crippen LogP contribution in [0.3, 0.4) is 0 Å². The van der Waals surface area contributed by atoms with E-state index >= 15 is 0 Å². The number of nitrogens with zero attached hydrogens (tertiary/aromatic N) is 3. The molecule has 0 saturated heterocycles. The van der Waals surface area contributed by atoms with Crippen LogP contribution in [0.5, 0.6) is 11.5 Å². The van der Waals surface area contributed by atoms with E-state index in [0.29, 0.717) is 34.1 Å². The molecule has 0 fully saturated rings. The summed E-state index contributed by atoms with van der Waals surface area (Å²) in [4.78, 5) is 14.0. The first-order valence-electron chi connectivity index (χ1n) is 10.0. The third-order valence-electron chi connectivity index (χ3n) is 4.66. The Morgan fingerprint density at radius 1 is 1.06 bits per heavy atom. The zero-order chi connectivity index (χ0) is 23.4. The minimum atomic E-state index is -0.389. The number of anilines is 1. The number of methoxy groups -OCH3 is 1. The van der Waals surface area contributed by atoms with Crippen molar-refractivity contribution in [1.29, 1.82) is 0 Å². The highest BCUT2D eigenvalue weighted by molar-refractivity contribution is 7.80. The van der Waals surface area contributed by atoms with Gasteiger partial charge in [-0.25, -0.2) is 0 Å². The van der Waals surface area contributed by atoms with Crippen molar-refractivity contribution >= 4 is 51.6 Å². The highest BCUT2D eigenvalue weighted by atomic mass is 35.5. The molecule has 1 heterocycles. The molecule has 0 atom stereocenters. The number of aromatic nitrogens is 3. The molecule has 8 nitrogen and oxygen atoms in total. The first kappa shape index (κ1) is 22.5. The van der Waals surface area contributed by atoms with Gasteiger partial charge in [-0.15, -0.1) is 10.2 Å². The number of ether oxygens (including phenoxy) is 2. The lowest BCUT2D eigenvalue weighted by Crippen LogP contribution is -2.34. The first-order chi connectivity index (χ1) is 16.0. The second-order valence-electron chi connectivity index (χ2n) is 6.88. The van der Waals surface area contributed by atoms with Gasteiger partial charge < -0.3 is 14.8 Å². The number of benzene rings is 3. The number of hydrogen-bond donors (Lipinski definition) is 2. The van der Waals surface area contributed by atoms with Crippen LogP contribution in [-0.2, 0) is 0 Å². The van der Waals surface area contributed by atoms with E-state index in [4.69, 9.17) is 33.3 Å². The van der Waals surface area contributed by atoms with Gasteiger partial charge in [-0.2, -0.15) is 4.80 Å². The summed E-state index contributed by atoms with van der Waals surface area (Å²) in [5.74, 6) is 0.886. The zero-order valence-electron chi connectivity index (χ0n) is 17.8. The van der Waals surface area contributed by atoms with Crippen molar-refractivity contribution in [3.8, 4) is 17.2 Å². The van der Waals surface area contributed by atoms with Crippen LogP contribution >= 0.6 is 23.8 Å². The Morgan fingerprint density at radius 2 is 1.82 bits per heavy atom. The van der Waals surface area contributed by atoms with Gasteiger partial charge >= 0.3 is 0 Å². The maximum absolute atomic E-state index is 12.5. The molecule has 0 bridgehead atoms. The Bertz CT molecular complexity index is 1320. The van der Waals surface area contributed by atoms with E-state index in [9.17, 15) is 4.79 Å². The molecule has 0 unspecified atom stereocenters. The summed E-state index contributed by atoms with van der Waals surface area (Å²) in [5.41, 5.74) is 3.23. The average Bonchev–Trinajstić information content (AvgIpc) is 3.23. The van der Waals surface area contributed by atoms with Gasteiger partial charge in [-0.1, -0.05) is 11.6 Å². The predicted octanol–water partition coefficient (Wildman–Crippen LogP) is 4.61. The van der Waals surface area contributed by atoms with Crippen LogP contribution in [0, 0.1) is 0 Å². The molecular formula is C23H20ClN5O3S.